The first-order valence-corrected chi connectivity index (χ1v) is 45.5. The summed E-state index contributed by atoms with van der Waals surface area (Å²) in [4.78, 5) is 27.8. The zero-order valence-electron chi connectivity index (χ0n) is 77.6. The maximum atomic E-state index is 6.27. The topological polar surface area (TPSA) is 297 Å². The molecule has 0 radical (unpaired) electrons. The van der Waals surface area contributed by atoms with Crippen LogP contribution in [-0.2, 0) is 25.7 Å². The van der Waals surface area contributed by atoms with Gasteiger partial charge in [0.05, 0.1) is 102 Å². The highest BCUT2D eigenvalue weighted by molar-refractivity contribution is 6.00. The lowest BCUT2D eigenvalue weighted by molar-refractivity contribution is 0.460. The highest BCUT2D eigenvalue weighted by Crippen LogP contribution is 2.42. The van der Waals surface area contributed by atoms with Crippen molar-refractivity contribution in [1.29, 1.82) is 0 Å². The van der Waals surface area contributed by atoms with E-state index in [4.69, 9.17) is 43.3 Å². The Morgan fingerprint density at radius 2 is 0.616 bits per heavy atom. The number of imidazole rings is 1. The Labute approximate surface area is 742 Å². The van der Waals surface area contributed by atoms with E-state index in [1.807, 2.05) is 223 Å². The number of hydrogen-bond acceptors (Lipinski definition) is 15. The number of pyridine rings is 5. The number of nitrogens with zero attached hydrogens (tertiary/aromatic N) is 15. The molecule has 4 aliphatic rings. The third-order valence-electron chi connectivity index (χ3n) is 21.0. The largest absolute Gasteiger partial charge is 0.383 e. The molecule has 21 heteroatoms. The molecule has 17 aromatic rings. The van der Waals surface area contributed by atoms with Crippen molar-refractivity contribution in [3.63, 3.8) is 0 Å². The SMILES string of the molecule is CC.CC.CC.CC.CC.CC.CC.CC.Cc1nn(C2CCCc3ccccc32)c2ccnc(N)c12.Cc1nn(C2CCCc3ccccc32)c2ccnc(N)c12.Cc1nn(C2CCCc3ccccc32)c2ccnc(N)c12.Nc1nccc2c1c(-c1ccccc1)nn2C1CCCc2ccccc21.c1ccc2[nH]cnc2c1.c1ccncc1.c1cn[nH]c1. The summed E-state index contributed by atoms with van der Waals surface area (Å²) in [7, 11) is 0. The van der Waals surface area contributed by atoms with Crippen molar-refractivity contribution >= 4 is 77.9 Å². The van der Waals surface area contributed by atoms with Gasteiger partial charge in [-0.3, -0.25) is 28.8 Å². The van der Waals surface area contributed by atoms with Crippen molar-refractivity contribution in [2.45, 2.75) is 233 Å². The Balaban J connectivity index is 0.000000203. The van der Waals surface area contributed by atoms with Crippen LogP contribution in [0.25, 0.3) is 65.9 Å². The highest BCUT2D eigenvalue weighted by atomic mass is 15.3. The number of rotatable bonds is 5. The number of fused-ring (bicyclic) bond motifs is 9. The summed E-state index contributed by atoms with van der Waals surface area (Å²) >= 11 is 0. The van der Waals surface area contributed by atoms with Gasteiger partial charge in [0.15, 0.2) is 0 Å². The molecule has 0 saturated carbocycles. The minimum Gasteiger partial charge on any atom is -0.383 e. The van der Waals surface area contributed by atoms with Gasteiger partial charge in [0, 0.05) is 55.1 Å². The van der Waals surface area contributed by atoms with Crippen LogP contribution in [-0.4, -0.2) is 84.2 Å². The van der Waals surface area contributed by atoms with E-state index < -0.39 is 0 Å². The first-order chi connectivity index (χ1) is 61.6. The van der Waals surface area contributed by atoms with E-state index in [2.05, 4.69) is 173 Å². The molecule has 0 bridgehead atoms. The molecule has 6 aromatic carbocycles. The second-order valence-electron chi connectivity index (χ2n) is 27.7. The normalized spacial score (nSPS) is 14.3. The second kappa shape index (κ2) is 53.0. The van der Waals surface area contributed by atoms with Gasteiger partial charge >= 0.3 is 0 Å². The lowest BCUT2D eigenvalue weighted by Gasteiger charge is -2.26. The fraction of sp³-hybridized carbons (Fsp3) is 0.337. The monoisotopic (exact) mass is 1680 g/mol. The van der Waals surface area contributed by atoms with Gasteiger partial charge in [-0.1, -0.05) is 256 Å². The van der Waals surface area contributed by atoms with E-state index in [-0.39, 0.29) is 6.04 Å². The summed E-state index contributed by atoms with van der Waals surface area (Å²) in [6.07, 6.45) is 29.6. The molecule has 4 unspecified atom stereocenters. The standard InChI is InChI=1S/C22H20N4.3C17H18N4.C7H6N2.C5H5N.C3H4N2.8C2H6/c23-22-20-19(13-14-24-22)26(25-21(20)16-8-2-1-3-9-16)18-12-6-10-15-7-4-5-11-17(15)18;3*1-11-16-15(9-10-19-17(16)18)21(20-11)14-8-4-6-12-5-2-3-7-13(12)14;1-2-4-7-6(3-1)8-5-9-7;1-2-4-6-5-3-1;1-2-4-5-3-1;8*1-2/h1-5,7-9,11,13-14,18H,6,10,12H2,(H2,23,24);3*2-3,5,7,9-10,14H,4,6,8H2,1H3,(H2,18,19);1-5H,(H,8,9);1-5H;1-3H,(H,4,5);8*1-2H3. The molecule has 11 heterocycles. The fourth-order valence-corrected chi connectivity index (χ4v) is 16.1. The van der Waals surface area contributed by atoms with Crippen LogP contribution in [0.15, 0.2) is 256 Å². The van der Waals surface area contributed by atoms with Gasteiger partial charge in [-0.25, -0.2) is 24.9 Å². The predicted octanol–water partition coefficient (Wildman–Crippen LogP) is 25.6. The van der Waals surface area contributed by atoms with Gasteiger partial charge in [-0.15, -0.1) is 0 Å². The summed E-state index contributed by atoms with van der Waals surface area (Å²) < 4.78 is 8.58. The van der Waals surface area contributed by atoms with Crippen LogP contribution < -0.4 is 22.9 Å². The molecular formula is C104H137N21. The number of aryl methyl sites for hydroxylation is 7. The maximum Gasteiger partial charge on any atom is 0.135 e. The summed E-state index contributed by atoms with van der Waals surface area (Å²) in [6, 6.07) is 69.7. The van der Waals surface area contributed by atoms with Crippen LogP contribution in [0.3, 0.4) is 0 Å². The van der Waals surface area contributed by atoms with Crippen LogP contribution >= 0.6 is 0 Å². The third kappa shape index (κ3) is 24.6. The number of nitrogens with one attached hydrogen (secondary N) is 2. The lowest BCUT2D eigenvalue weighted by Crippen LogP contribution is -2.18. The number of nitrogen functional groups attached to an aromatic ring is 4. The van der Waals surface area contributed by atoms with Crippen molar-refractivity contribution in [2.24, 2.45) is 0 Å². The van der Waals surface area contributed by atoms with E-state index in [1.165, 1.54) is 70.2 Å². The minimum atomic E-state index is 0.238. The van der Waals surface area contributed by atoms with Crippen LogP contribution in [0.5, 0.6) is 0 Å². The number of para-hydroxylation sites is 2. The molecule has 11 aromatic heterocycles. The van der Waals surface area contributed by atoms with Crippen molar-refractivity contribution < 1.29 is 0 Å². The molecule has 21 rings (SSSR count). The summed E-state index contributed by atoms with van der Waals surface area (Å²) in [6.45, 7) is 38.0. The number of hydrogen-bond donors (Lipinski definition) is 6. The van der Waals surface area contributed by atoms with Crippen LogP contribution in [0.2, 0.25) is 0 Å². The molecule has 658 valence electrons. The average molecular weight is 1680 g/mol. The summed E-state index contributed by atoms with van der Waals surface area (Å²) in [5, 5.41) is 29.5. The van der Waals surface area contributed by atoms with Crippen LogP contribution in [0.1, 0.15) is 248 Å². The predicted molar refractivity (Wildman–Crippen MR) is 527 cm³/mol. The first-order valence-electron chi connectivity index (χ1n) is 45.5. The number of nitrogens with two attached hydrogens (primary N) is 4. The van der Waals surface area contributed by atoms with Gasteiger partial charge in [0.25, 0.3) is 0 Å². The summed E-state index contributed by atoms with van der Waals surface area (Å²) in [5.41, 5.74) is 46.9. The fourth-order valence-electron chi connectivity index (χ4n) is 16.1. The Morgan fingerprint density at radius 1 is 0.304 bits per heavy atom. The lowest BCUT2D eigenvalue weighted by atomic mass is 9.88. The third-order valence-corrected chi connectivity index (χ3v) is 21.0. The first kappa shape index (κ1) is 98.9. The van der Waals surface area contributed by atoms with Gasteiger partial charge in [0.2, 0.25) is 0 Å². The van der Waals surface area contributed by atoms with Gasteiger partial charge in [-0.05, 0) is 197 Å². The van der Waals surface area contributed by atoms with Crippen molar-refractivity contribution in [1.82, 2.24) is 84.2 Å². The van der Waals surface area contributed by atoms with Gasteiger partial charge in [0.1, 0.15) is 29.0 Å². The van der Waals surface area contributed by atoms with E-state index in [9.17, 15) is 0 Å². The molecule has 0 amide bonds. The molecular weight excluding hydrogens is 1540 g/mol. The molecule has 21 nitrogen and oxygen atoms in total. The molecule has 4 aliphatic carbocycles. The van der Waals surface area contributed by atoms with E-state index in [0.717, 1.165) is 134 Å². The number of anilines is 4. The number of aromatic nitrogens is 17. The Kier molecular flexibility index (Phi) is 41.9. The Morgan fingerprint density at radius 3 is 0.928 bits per heavy atom. The quantitative estimate of drug-likeness (QED) is 0.0933. The number of aromatic amines is 2. The maximum absolute atomic E-state index is 6.27. The number of H-pyrrole nitrogens is 2. The van der Waals surface area contributed by atoms with E-state index >= 15 is 0 Å². The average Bonchev–Trinajstić information content (AvgIpc) is 1.62. The number of benzene rings is 6. The molecule has 0 spiro atoms. The van der Waals surface area contributed by atoms with Gasteiger partial charge in [-0.2, -0.15) is 25.5 Å². The van der Waals surface area contributed by atoms with Crippen molar-refractivity contribution in [3.8, 4) is 11.3 Å². The highest BCUT2D eigenvalue weighted by Gasteiger charge is 2.30. The molecule has 0 fully saturated rings. The molecule has 125 heavy (non-hydrogen) atoms. The van der Waals surface area contributed by atoms with Crippen molar-refractivity contribution in [3.05, 3.63) is 318 Å². The molecule has 4 atom stereocenters. The van der Waals surface area contributed by atoms with Crippen LogP contribution in [0, 0.1) is 20.8 Å². The van der Waals surface area contributed by atoms with E-state index in [1.54, 1.807) is 55.9 Å². The second-order valence-corrected chi connectivity index (χ2v) is 27.7. The summed E-state index contributed by atoms with van der Waals surface area (Å²) in [5.74, 6) is 2.25. The van der Waals surface area contributed by atoms with Crippen molar-refractivity contribution in [2.75, 3.05) is 22.9 Å². The minimum absolute atomic E-state index is 0.238. The smallest absolute Gasteiger partial charge is 0.135 e. The Hall–Kier alpha value is -13.2. The van der Waals surface area contributed by atoms with Gasteiger partial charge < -0.3 is 27.9 Å². The van der Waals surface area contributed by atoms with E-state index in [0.29, 0.717) is 41.4 Å². The zero-order chi connectivity index (χ0) is 90.6. The molecule has 10 N–H and O–H groups in total. The molecule has 0 aliphatic heterocycles. The Bertz CT molecular complexity index is 5470. The zero-order valence-corrected chi connectivity index (χ0v) is 77.6. The van der Waals surface area contributed by atoms with Crippen LogP contribution in [0.4, 0.5) is 23.3 Å². The molecule has 0 saturated heterocycles.